The average Bonchev–Trinajstić information content (AvgIpc) is 3.33. The summed E-state index contributed by atoms with van der Waals surface area (Å²) < 4.78 is 14.5. The number of methoxy groups -OCH3 is 1. The molecule has 1 unspecified atom stereocenters. The van der Waals surface area contributed by atoms with Crippen LogP contribution < -0.4 is 31.9 Å². The van der Waals surface area contributed by atoms with Crippen molar-refractivity contribution in [3.05, 3.63) is 131 Å². The highest BCUT2D eigenvalue weighted by Crippen LogP contribution is 2.26. The van der Waals surface area contributed by atoms with Gasteiger partial charge in [0.2, 0.25) is 12.1 Å². The van der Waals surface area contributed by atoms with Crippen LogP contribution in [0.25, 0.3) is 11.0 Å². The monoisotopic (exact) mass is 530 g/mol. The summed E-state index contributed by atoms with van der Waals surface area (Å²) in [6, 6.07) is 25.8. The molecule has 7 heteroatoms. The SMILES string of the molecule is COc1ccc(C(=O)C[n+]2ccn(C(c3ccccc3)c3cc4ccccc4oc3=O)c2)cc1.[Br-]. The Morgan fingerprint density at radius 2 is 1.71 bits per heavy atom. The molecule has 0 N–H and O–H groups in total. The minimum absolute atomic E-state index is 0. The number of fused-ring (bicyclic) bond motifs is 1. The first-order chi connectivity index (χ1) is 16.6. The summed E-state index contributed by atoms with van der Waals surface area (Å²) in [6.07, 6.45) is 5.54. The van der Waals surface area contributed by atoms with Gasteiger partial charge in [0, 0.05) is 16.5 Å². The number of halogens is 1. The number of imidazole rings is 1. The third-order valence-electron chi connectivity index (χ3n) is 5.83. The lowest BCUT2D eigenvalue weighted by Gasteiger charge is -2.14. The molecule has 0 spiro atoms. The second-order valence-corrected chi connectivity index (χ2v) is 8.03. The number of benzene rings is 3. The molecule has 0 amide bonds. The quantitative estimate of drug-likeness (QED) is 0.181. The number of nitrogens with zero attached hydrogens (tertiary/aromatic N) is 2. The van der Waals surface area contributed by atoms with Gasteiger partial charge < -0.3 is 26.1 Å². The Labute approximate surface area is 212 Å². The van der Waals surface area contributed by atoms with E-state index in [0.717, 1.165) is 10.9 Å². The number of aromatic nitrogens is 2. The van der Waals surface area contributed by atoms with Crippen molar-refractivity contribution in [1.29, 1.82) is 0 Å². The zero-order valence-corrected chi connectivity index (χ0v) is 20.6. The van der Waals surface area contributed by atoms with Crippen molar-refractivity contribution in [1.82, 2.24) is 4.57 Å². The lowest BCUT2D eigenvalue weighted by atomic mass is 9.99. The van der Waals surface area contributed by atoms with Gasteiger partial charge in [-0.1, -0.05) is 48.5 Å². The van der Waals surface area contributed by atoms with Gasteiger partial charge in [-0.05, 0) is 36.4 Å². The Hall–Kier alpha value is -3.97. The van der Waals surface area contributed by atoms with Crippen LogP contribution in [0, 0.1) is 0 Å². The standard InChI is InChI=1S/C28H23N2O4.BrH/c1-33-23-13-11-20(12-14-23)25(31)18-29-15-16-30(19-29)27(21-7-3-2-4-8-21)24-17-22-9-5-6-10-26(22)34-28(24)32;/h2-17,19,27H,18H2,1H3;1H/q+1;/p-1. The lowest BCUT2D eigenvalue weighted by Crippen LogP contribution is -3.00. The fourth-order valence-electron chi connectivity index (χ4n) is 4.11. The molecule has 0 bridgehead atoms. The molecule has 176 valence electrons. The van der Waals surface area contributed by atoms with Crippen molar-refractivity contribution >= 4 is 16.8 Å². The average molecular weight is 531 g/mol. The highest BCUT2D eigenvalue weighted by atomic mass is 79.9. The van der Waals surface area contributed by atoms with E-state index < -0.39 is 6.04 Å². The van der Waals surface area contributed by atoms with Gasteiger partial charge in [-0.15, -0.1) is 0 Å². The maximum absolute atomic E-state index is 13.0. The van der Waals surface area contributed by atoms with E-state index in [4.69, 9.17) is 9.15 Å². The molecule has 1 atom stereocenters. The summed E-state index contributed by atoms with van der Waals surface area (Å²) in [4.78, 5) is 25.8. The van der Waals surface area contributed by atoms with Crippen LogP contribution in [0.2, 0.25) is 0 Å². The van der Waals surface area contributed by atoms with Crippen LogP contribution in [-0.4, -0.2) is 17.5 Å². The van der Waals surface area contributed by atoms with Crippen molar-refractivity contribution in [2.45, 2.75) is 12.6 Å². The van der Waals surface area contributed by atoms with Crippen LogP contribution in [0.1, 0.15) is 27.5 Å². The number of hydrogen-bond acceptors (Lipinski definition) is 4. The van der Waals surface area contributed by atoms with E-state index in [1.54, 1.807) is 37.4 Å². The van der Waals surface area contributed by atoms with Crippen molar-refractivity contribution in [3.8, 4) is 5.75 Å². The lowest BCUT2D eigenvalue weighted by molar-refractivity contribution is -0.682. The van der Waals surface area contributed by atoms with Crippen LogP contribution in [0.4, 0.5) is 0 Å². The maximum atomic E-state index is 13.0. The van der Waals surface area contributed by atoms with E-state index in [2.05, 4.69) is 0 Å². The van der Waals surface area contributed by atoms with Gasteiger partial charge >= 0.3 is 5.63 Å². The van der Waals surface area contributed by atoms with Gasteiger partial charge in [0.1, 0.15) is 23.7 Å². The Balaban J connectivity index is 0.00000289. The molecule has 0 saturated carbocycles. The van der Waals surface area contributed by atoms with E-state index in [-0.39, 0.29) is 34.9 Å². The molecule has 5 aromatic rings. The number of ketones is 1. The second kappa shape index (κ2) is 10.5. The van der Waals surface area contributed by atoms with E-state index in [1.807, 2.05) is 82.5 Å². The highest BCUT2D eigenvalue weighted by Gasteiger charge is 2.26. The molecule has 0 aliphatic rings. The Bertz CT molecular complexity index is 1510. The predicted octanol–water partition coefficient (Wildman–Crippen LogP) is 1.42. The van der Waals surface area contributed by atoms with Crippen LogP contribution in [0.3, 0.4) is 0 Å². The Kier molecular flexibility index (Phi) is 7.27. The minimum Gasteiger partial charge on any atom is -1.00 e. The summed E-state index contributed by atoms with van der Waals surface area (Å²) in [5.74, 6) is 0.683. The number of carbonyl (C=O) groups excluding carboxylic acids is 1. The van der Waals surface area contributed by atoms with Gasteiger partial charge in [0.25, 0.3) is 0 Å². The molecule has 0 fully saturated rings. The summed E-state index contributed by atoms with van der Waals surface area (Å²) in [6.45, 7) is 0.174. The van der Waals surface area contributed by atoms with Gasteiger partial charge in [-0.3, -0.25) is 4.79 Å². The molecular formula is C28H23BrN2O4. The van der Waals surface area contributed by atoms with Gasteiger partial charge in [0.05, 0.1) is 12.7 Å². The first-order valence-corrected chi connectivity index (χ1v) is 10.9. The largest absolute Gasteiger partial charge is 1.00 e. The molecule has 5 rings (SSSR count). The van der Waals surface area contributed by atoms with Gasteiger partial charge in [-0.25, -0.2) is 13.9 Å². The summed E-state index contributed by atoms with van der Waals surface area (Å²) >= 11 is 0. The molecule has 0 aliphatic carbocycles. The fraction of sp³-hybridized carbons (Fsp3) is 0.107. The van der Waals surface area contributed by atoms with E-state index in [0.29, 0.717) is 22.5 Å². The third-order valence-corrected chi connectivity index (χ3v) is 5.83. The third kappa shape index (κ3) is 5.10. The van der Waals surface area contributed by atoms with Crippen molar-refractivity contribution < 1.29 is 35.5 Å². The van der Waals surface area contributed by atoms with Crippen molar-refractivity contribution in [3.63, 3.8) is 0 Å². The molecule has 2 aromatic heterocycles. The summed E-state index contributed by atoms with van der Waals surface area (Å²) in [5.41, 5.74) is 2.23. The minimum atomic E-state index is -0.403. The number of Topliss-reactive ketones (excluding diaryl/α,β-unsaturated/α-hetero) is 1. The molecular weight excluding hydrogens is 508 g/mol. The molecule has 0 aliphatic heterocycles. The zero-order valence-electron chi connectivity index (χ0n) is 19.0. The van der Waals surface area contributed by atoms with Gasteiger partial charge in [0.15, 0.2) is 12.6 Å². The molecule has 6 nitrogen and oxygen atoms in total. The van der Waals surface area contributed by atoms with E-state index in [1.165, 1.54) is 0 Å². The number of para-hydroxylation sites is 1. The number of carbonyl (C=O) groups is 1. The predicted molar refractivity (Wildman–Crippen MR) is 128 cm³/mol. The first-order valence-electron chi connectivity index (χ1n) is 10.9. The Morgan fingerprint density at radius 1 is 1.00 bits per heavy atom. The second-order valence-electron chi connectivity index (χ2n) is 8.03. The molecule has 0 saturated heterocycles. The van der Waals surface area contributed by atoms with Crippen LogP contribution >= 0.6 is 0 Å². The highest BCUT2D eigenvalue weighted by molar-refractivity contribution is 5.95. The normalized spacial score (nSPS) is 11.6. The number of ether oxygens (including phenoxy) is 1. The van der Waals surface area contributed by atoms with Crippen LogP contribution in [0.5, 0.6) is 5.75 Å². The smallest absolute Gasteiger partial charge is 0.344 e. The topological polar surface area (TPSA) is 65.3 Å². The van der Waals surface area contributed by atoms with Crippen molar-refractivity contribution in [2.24, 2.45) is 0 Å². The zero-order chi connectivity index (χ0) is 23.5. The fourth-order valence-corrected chi connectivity index (χ4v) is 4.11. The number of rotatable bonds is 7. The summed E-state index contributed by atoms with van der Waals surface area (Å²) in [5, 5.41) is 0.854. The van der Waals surface area contributed by atoms with E-state index >= 15 is 0 Å². The van der Waals surface area contributed by atoms with Crippen LogP contribution in [0.15, 0.2) is 113 Å². The Morgan fingerprint density at radius 3 is 2.46 bits per heavy atom. The van der Waals surface area contributed by atoms with Gasteiger partial charge in [-0.2, -0.15) is 0 Å². The maximum Gasteiger partial charge on any atom is 0.344 e. The first kappa shape index (κ1) is 24.2. The van der Waals surface area contributed by atoms with Crippen LogP contribution in [-0.2, 0) is 6.54 Å². The molecule has 35 heavy (non-hydrogen) atoms. The summed E-state index contributed by atoms with van der Waals surface area (Å²) in [7, 11) is 1.59. The molecule has 0 radical (unpaired) electrons. The van der Waals surface area contributed by atoms with E-state index in [9.17, 15) is 9.59 Å². The number of hydrogen-bond donors (Lipinski definition) is 0. The molecule has 2 heterocycles. The van der Waals surface area contributed by atoms with Crippen molar-refractivity contribution in [2.75, 3.05) is 7.11 Å². The molecule has 3 aromatic carbocycles.